The smallest absolute Gasteiger partial charge is 0.162 e. The second kappa shape index (κ2) is 12.4. The van der Waals surface area contributed by atoms with E-state index in [1.807, 2.05) is 0 Å². The SMILES string of the molecule is CCCCCCCc1c(Cl)nc(-c2ccc(CCCCCC)cc2)nc1Cl. The second-order valence-corrected chi connectivity index (χ2v) is 8.00. The average molecular weight is 407 g/mol. The number of unbranched alkanes of at least 4 members (excludes halogenated alkanes) is 7. The third kappa shape index (κ3) is 7.43. The Morgan fingerprint density at radius 1 is 0.667 bits per heavy atom. The van der Waals surface area contributed by atoms with Gasteiger partial charge >= 0.3 is 0 Å². The van der Waals surface area contributed by atoms with E-state index in [1.165, 1.54) is 56.9 Å². The molecular formula is C23H32Cl2N2. The van der Waals surface area contributed by atoms with Crippen molar-refractivity contribution in [3.05, 3.63) is 45.7 Å². The van der Waals surface area contributed by atoms with Crippen LogP contribution in [0.1, 0.15) is 82.8 Å². The molecule has 0 radical (unpaired) electrons. The maximum atomic E-state index is 6.42. The van der Waals surface area contributed by atoms with Crippen LogP contribution in [0.2, 0.25) is 10.3 Å². The summed E-state index contributed by atoms with van der Waals surface area (Å²) in [6, 6.07) is 8.46. The highest BCUT2D eigenvalue weighted by Crippen LogP contribution is 2.27. The summed E-state index contributed by atoms with van der Waals surface area (Å²) in [4.78, 5) is 9.01. The van der Waals surface area contributed by atoms with Crippen LogP contribution < -0.4 is 0 Å². The first-order chi connectivity index (χ1) is 13.2. The molecule has 0 bridgehead atoms. The number of hydrogen-bond acceptors (Lipinski definition) is 2. The molecule has 0 saturated carbocycles. The number of rotatable bonds is 12. The number of nitrogens with zero attached hydrogens (tertiary/aromatic N) is 2. The lowest BCUT2D eigenvalue weighted by Crippen LogP contribution is -1.98. The summed E-state index contributed by atoms with van der Waals surface area (Å²) in [7, 11) is 0. The van der Waals surface area contributed by atoms with Crippen molar-refractivity contribution in [3.8, 4) is 11.4 Å². The van der Waals surface area contributed by atoms with Gasteiger partial charge in [0.15, 0.2) is 5.82 Å². The van der Waals surface area contributed by atoms with Gasteiger partial charge in [0.25, 0.3) is 0 Å². The van der Waals surface area contributed by atoms with E-state index in [0.29, 0.717) is 16.1 Å². The zero-order chi connectivity index (χ0) is 19.5. The van der Waals surface area contributed by atoms with E-state index in [-0.39, 0.29) is 0 Å². The molecule has 1 heterocycles. The monoisotopic (exact) mass is 406 g/mol. The van der Waals surface area contributed by atoms with Crippen molar-refractivity contribution in [3.63, 3.8) is 0 Å². The highest BCUT2D eigenvalue weighted by atomic mass is 35.5. The first kappa shape index (κ1) is 22.2. The molecule has 0 atom stereocenters. The van der Waals surface area contributed by atoms with Gasteiger partial charge in [-0.05, 0) is 31.2 Å². The first-order valence-corrected chi connectivity index (χ1v) is 11.2. The van der Waals surface area contributed by atoms with E-state index >= 15 is 0 Å². The van der Waals surface area contributed by atoms with Crippen LogP contribution >= 0.6 is 23.2 Å². The van der Waals surface area contributed by atoms with Crippen LogP contribution in [0.15, 0.2) is 24.3 Å². The fourth-order valence-electron chi connectivity index (χ4n) is 3.25. The van der Waals surface area contributed by atoms with Gasteiger partial charge in [0, 0.05) is 11.1 Å². The maximum Gasteiger partial charge on any atom is 0.162 e. The molecule has 0 aliphatic carbocycles. The van der Waals surface area contributed by atoms with Gasteiger partial charge in [0.05, 0.1) is 0 Å². The Kier molecular flexibility index (Phi) is 10.2. The van der Waals surface area contributed by atoms with Gasteiger partial charge in [-0.15, -0.1) is 0 Å². The number of benzene rings is 1. The topological polar surface area (TPSA) is 25.8 Å². The van der Waals surface area contributed by atoms with E-state index in [4.69, 9.17) is 23.2 Å². The third-order valence-corrected chi connectivity index (χ3v) is 5.59. The quantitative estimate of drug-likeness (QED) is 0.262. The molecule has 0 saturated heterocycles. The van der Waals surface area contributed by atoms with Crippen LogP contribution in [0.5, 0.6) is 0 Å². The normalized spacial score (nSPS) is 11.1. The zero-order valence-corrected chi connectivity index (χ0v) is 18.2. The number of aryl methyl sites for hydroxylation is 1. The molecule has 0 unspecified atom stereocenters. The number of hydrogen-bond donors (Lipinski definition) is 0. The standard InChI is InChI=1S/C23H32Cl2N2/c1-3-5-7-9-11-13-20-21(24)26-23(27-22(20)25)19-16-14-18(15-17-19)12-10-8-6-4-2/h14-17H,3-13H2,1-2H3. The maximum absolute atomic E-state index is 6.42. The molecular weight excluding hydrogens is 375 g/mol. The summed E-state index contributed by atoms with van der Waals surface area (Å²) in [5, 5.41) is 0.980. The number of aromatic nitrogens is 2. The molecule has 1 aromatic carbocycles. The van der Waals surface area contributed by atoms with Gasteiger partial charge in [0.1, 0.15) is 10.3 Å². The van der Waals surface area contributed by atoms with Crippen molar-refractivity contribution in [2.45, 2.75) is 84.5 Å². The molecule has 1 aromatic heterocycles. The van der Waals surface area contributed by atoms with E-state index in [1.54, 1.807) is 0 Å². The van der Waals surface area contributed by atoms with Crippen molar-refractivity contribution in [1.82, 2.24) is 9.97 Å². The fourth-order valence-corrected chi connectivity index (χ4v) is 3.82. The zero-order valence-electron chi connectivity index (χ0n) is 16.7. The van der Waals surface area contributed by atoms with E-state index in [2.05, 4.69) is 48.1 Å². The lowest BCUT2D eigenvalue weighted by Gasteiger charge is -2.09. The Balaban J connectivity index is 1.98. The van der Waals surface area contributed by atoms with Crippen molar-refractivity contribution in [2.24, 2.45) is 0 Å². The lowest BCUT2D eigenvalue weighted by molar-refractivity contribution is 0.631. The minimum atomic E-state index is 0.490. The molecule has 2 aromatic rings. The minimum absolute atomic E-state index is 0.490. The molecule has 2 rings (SSSR count). The Morgan fingerprint density at radius 2 is 1.19 bits per heavy atom. The molecule has 0 spiro atoms. The summed E-state index contributed by atoms with van der Waals surface area (Å²) in [5.41, 5.74) is 3.20. The number of halogens is 2. The molecule has 0 amide bonds. The van der Waals surface area contributed by atoms with Crippen molar-refractivity contribution < 1.29 is 0 Å². The van der Waals surface area contributed by atoms with Gasteiger partial charge < -0.3 is 0 Å². The van der Waals surface area contributed by atoms with Crippen LogP contribution in [0.3, 0.4) is 0 Å². The predicted molar refractivity (Wildman–Crippen MR) is 118 cm³/mol. The molecule has 0 aliphatic rings. The lowest BCUT2D eigenvalue weighted by atomic mass is 10.0. The fraction of sp³-hybridized carbons (Fsp3) is 0.565. The van der Waals surface area contributed by atoms with Gasteiger partial charge in [-0.3, -0.25) is 0 Å². The van der Waals surface area contributed by atoms with Gasteiger partial charge in [-0.1, -0.05) is 106 Å². The molecule has 0 fully saturated rings. The molecule has 148 valence electrons. The van der Waals surface area contributed by atoms with E-state index < -0.39 is 0 Å². The molecule has 27 heavy (non-hydrogen) atoms. The van der Waals surface area contributed by atoms with Crippen molar-refractivity contribution in [2.75, 3.05) is 0 Å². The molecule has 0 N–H and O–H groups in total. The Bertz CT molecular complexity index is 660. The van der Waals surface area contributed by atoms with Gasteiger partial charge in [-0.2, -0.15) is 0 Å². The largest absolute Gasteiger partial charge is 0.216 e. The summed E-state index contributed by atoms with van der Waals surface area (Å²) < 4.78 is 0. The van der Waals surface area contributed by atoms with Gasteiger partial charge in [0.2, 0.25) is 0 Å². The Morgan fingerprint density at radius 3 is 1.78 bits per heavy atom. The average Bonchev–Trinajstić information content (AvgIpc) is 2.67. The van der Waals surface area contributed by atoms with Crippen molar-refractivity contribution >= 4 is 23.2 Å². The molecule has 0 aliphatic heterocycles. The summed E-state index contributed by atoms with van der Waals surface area (Å²) in [6.07, 6.45) is 13.2. The summed E-state index contributed by atoms with van der Waals surface area (Å²) >= 11 is 12.8. The van der Waals surface area contributed by atoms with Crippen LogP contribution in [0.4, 0.5) is 0 Å². The summed E-state index contributed by atoms with van der Waals surface area (Å²) in [5.74, 6) is 0.609. The Hall–Kier alpha value is -1.12. The van der Waals surface area contributed by atoms with E-state index in [9.17, 15) is 0 Å². The highest BCUT2D eigenvalue weighted by Gasteiger charge is 2.12. The van der Waals surface area contributed by atoms with Gasteiger partial charge in [-0.25, -0.2) is 9.97 Å². The second-order valence-electron chi connectivity index (χ2n) is 7.28. The molecule has 4 heteroatoms. The highest BCUT2D eigenvalue weighted by molar-refractivity contribution is 6.34. The minimum Gasteiger partial charge on any atom is -0.216 e. The predicted octanol–water partition coefficient (Wildman–Crippen LogP) is 8.09. The van der Waals surface area contributed by atoms with Crippen LogP contribution in [0, 0.1) is 0 Å². The van der Waals surface area contributed by atoms with Crippen molar-refractivity contribution in [1.29, 1.82) is 0 Å². The van der Waals surface area contributed by atoms with Crippen LogP contribution in [-0.4, -0.2) is 9.97 Å². The molecule has 2 nitrogen and oxygen atoms in total. The van der Waals surface area contributed by atoms with Crippen LogP contribution in [0.25, 0.3) is 11.4 Å². The van der Waals surface area contributed by atoms with E-state index in [0.717, 1.165) is 30.4 Å². The van der Waals surface area contributed by atoms with Crippen LogP contribution in [-0.2, 0) is 12.8 Å². The Labute approximate surface area is 174 Å². The third-order valence-electron chi connectivity index (χ3n) is 4.97. The summed E-state index contributed by atoms with van der Waals surface area (Å²) in [6.45, 7) is 4.46. The first-order valence-electron chi connectivity index (χ1n) is 10.5.